The molecule has 2 heterocycles. The van der Waals surface area contributed by atoms with Crippen molar-refractivity contribution in [1.29, 1.82) is 0 Å². The Balaban J connectivity index is 1.68. The third-order valence-electron chi connectivity index (χ3n) is 4.62. The van der Waals surface area contributed by atoms with E-state index in [0.717, 1.165) is 38.1 Å². The highest BCUT2D eigenvalue weighted by atomic mass is 35.5. The van der Waals surface area contributed by atoms with Gasteiger partial charge in [0.05, 0.1) is 29.0 Å². The van der Waals surface area contributed by atoms with Crippen LogP contribution in [0, 0.1) is 0 Å². The summed E-state index contributed by atoms with van der Waals surface area (Å²) in [6, 6.07) is 7.01. The highest BCUT2D eigenvalue weighted by Crippen LogP contribution is 2.34. The zero-order chi connectivity index (χ0) is 19.2. The maximum absolute atomic E-state index is 12.6. The first kappa shape index (κ1) is 20.1. The van der Waals surface area contributed by atoms with Crippen LogP contribution >= 0.6 is 23.2 Å². The minimum atomic E-state index is -0.225. The van der Waals surface area contributed by atoms with Crippen LogP contribution in [0.2, 0.25) is 10.0 Å². The topological polar surface area (TPSA) is 54.7 Å². The molecule has 1 aliphatic rings. The molecule has 1 aromatic carbocycles. The lowest BCUT2D eigenvalue weighted by atomic mass is 10.1. The first-order valence-electron chi connectivity index (χ1n) is 9.27. The zero-order valence-electron chi connectivity index (χ0n) is 15.3. The van der Waals surface area contributed by atoms with Gasteiger partial charge in [-0.3, -0.25) is 9.69 Å². The summed E-state index contributed by atoms with van der Waals surface area (Å²) in [6.45, 7) is 4.98. The van der Waals surface area contributed by atoms with Crippen molar-refractivity contribution in [2.24, 2.45) is 0 Å². The van der Waals surface area contributed by atoms with E-state index in [1.54, 1.807) is 18.4 Å². The van der Waals surface area contributed by atoms with Crippen LogP contribution in [0.3, 0.4) is 0 Å². The molecule has 3 rings (SSSR count). The standard InChI is InChI=1S/C20H24Cl2N2O3/c1-2-9-27-19-15(21)11-14(12-16(19)22)20(25)23-13-17(18-6-5-10-26-18)24-7-3-4-8-24/h5-6,10-12,17H,2-4,7-9,13H2,1H3,(H,23,25)/t17-/m0/s1. The van der Waals surface area contributed by atoms with Crippen molar-refractivity contribution in [3.8, 4) is 5.75 Å². The number of hydrogen-bond acceptors (Lipinski definition) is 4. The summed E-state index contributed by atoms with van der Waals surface area (Å²) in [7, 11) is 0. The third kappa shape index (κ3) is 4.98. The van der Waals surface area contributed by atoms with Crippen molar-refractivity contribution >= 4 is 29.1 Å². The van der Waals surface area contributed by atoms with Gasteiger partial charge in [-0.25, -0.2) is 0 Å². The lowest BCUT2D eigenvalue weighted by molar-refractivity contribution is 0.0933. The van der Waals surface area contributed by atoms with E-state index in [0.29, 0.717) is 34.5 Å². The molecule has 0 radical (unpaired) electrons. The van der Waals surface area contributed by atoms with Crippen LogP contribution in [0.15, 0.2) is 34.9 Å². The Morgan fingerprint density at radius 3 is 2.59 bits per heavy atom. The molecule has 27 heavy (non-hydrogen) atoms. The Bertz CT molecular complexity index is 736. The Hall–Kier alpha value is -1.69. The molecule has 2 aromatic rings. The molecule has 1 amide bonds. The van der Waals surface area contributed by atoms with Crippen LogP contribution < -0.4 is 10.1 Å². The largest absolute Gasteiger partial charge is 0.490 e. The van der Waals surface area contributed by atoms with E-state index < -0.39 is 0 Å². The van der Waals surface area contributed by atoms with E-state index in [1.807, 2.05) is 19.1 Å². The summed E-state index contributed by atoms with van der Waals surface area (Å²) in [5, 5.41) is 3.66. The van der Waals surface area contributed by atoms with Gasteiger partial charge in [0.2, 0.25) is 0 Å². The second-order valence-electron chi connectivity index (χ2n) is 6.60. The molecule has 0 unspecified atom stereocenters. The Labute approximate surface area is 169 Å². The second-order valence-corrected chi connectivity index (χ2v) is 7.42. The molecule has 1 fully saturated rings. The number of ether oxygens (including phenoxy) is 1. The van der Waals surface area contributed by atoms with E-state index in [9.17, 15) is 4.79 Å². The maximum atomic E-state index is 12.6. The number of halogens is 2. The minimum absolute atomic E-state index is 0.0181. The van der Waals surface area contributed by atoms with E-state index in [2.05, 4.69) is 10.2 Å². The smallest absolute Gasteiger partial charge is 0.251 e. The molecule has 0 bridgehead atoms. The van der Waals surface area contributed by atoms with E-state index in [1.165, 1.54) is 0 Å². The number of amides is 1. The fourth-order valence-corrected chi connectivity index (χ4v) is 3.86. The van der Waals surface area contributed by atoms with Crippen LogP contribution in [0.4, 0.5) is 0 Å². The number of nitrogens with one attached hydrogen (secondary N) is 1. The van der Waals surface area contributed by atoms with Crippen molar-refractivity contribution in [1.82, 2.24) is 10.2 Å². The van der Waals surface area contributed by atoms with Gasteiger partial charge in [0.25, 0.3) is 5.91 Å². The highest BCUT2D eigenvalue weighted by molar-refractivity contribution is 6.37. The summed E-state index contributed by atoms with van der Waals surface area (Å²) >= 11 is 12.5. The van der Waals surface area contributed by atoms with Crippen LogP contribution in [0.25, 0.3) is 0 Å². The predicted molar refractivity (Wildman–Crippen MR) is 107 cm³/mol. The molecule has 7 heteroatoms. The molecule has 0 spiro atoms. The van der Waals surface area contributed by atoms with E-state index in [-0.39, 0.29) is 11.9 Å². The molecule has 1 saturated heterocycles. The normalized spacial score (nSPS) is 15.7. The van der Waals surface area contributed by atoms with Gasteiger partial charge in [-0.05, 0) is 56.6 Å². The molecule has 1 aromatic heterocycles. The fourth-order valence-electron chi connectivity index (χ4n) is 3.27. The van der Waals surface area contributed by atoms with Crippen molar-refractivity contribution in [3.63, 3.8) is 0 Å². The third-order valence-corrected chi connectivity index (χ3v) is 5.18. The highest BCUT2D eigenvalue weighted by Gasteiger charge is 2.26. The monoisotopic (exact) mass is 410 g/mol. The van der Waals surface area contributed by atoms with E-state index in [4.69, 9.17) is 32.4 Å². The van der Waals surface area contributed by atoms with Gasteiger partial charge in [-0.1, -0.05) is 30.1 Å². The number of carbonyl (C=O) groups is 1. The van der Waals surface area contributed by atoms with Crippen molar-refractivity contribution in [2.75, 3.05) is 26.2 Å². The van der Waals surface area contributed by atoms with Gasteiger partial charge in [-0.15, -0.1) is 0 Å². The van der Waals surface area contributed by atoms with Gasteiger partial charge in [0.15, 0.2) is 5.75 Å². The van der Waals surface area contributed by atoms with Crippen LogP contribution in [0.5, 0.6) is 5.75 Å². The Morgan fingerprint density at radius 1 is 1.30 bits per heavy atom. The number of nitrogens with zero attached hydrogens (tertiary/aromatic N) is 1. The maximum Gasteiger partial charge on any atom is 0.251 e. The summed E-state index contributed by atoms with van der Waals surface area (Å²) < 4.78 is 11.1. The lowest BCUT2D eigenvalue weighted by Crippen LogP contribution is -2.36. The second kappa shape index (κ2) is 9.49. The zero-order valence-corrected chi connectivity index (χ0v) is 16.9. The average Bonchev–Trinajstić information content (AvgIpc) is 3.35. The number of benzene rings is 1. The first-order valence-corrected chi connectivity index (χ1v) is 10.0. The predicted octanol–water partition coefficient (Wildman–Crippen LogP) is 4.94. The molecule has 0 saturated carbocycles. The Morgan fingerprint density at radius 2 is 2.00 bits per heavy atom. The number of carbonyl (C=O) groups excluding carboxylic acids is 1. The first-order chi connectivity index (χ1) is 13.1. The summed E-state index contributed by atoms with van der Waals surface area (Å²) in [6.07, 6.45) is 4.83. The minimum Gasteiger partial charge on any atom is -0.490 e. The summed E-state index contributed by atoms with van der Waals surface area (Å²) in [4.78, 5) is 15.0. The SMILES string of the molecule is CCCOc1c(Cl)cc(C(=O)NC[C@@H](c2ccco2)N2CCCC2)cc1Cl. The van der Waals surface area contributed by atoms with Gasteiger partial charge >= 0.3 is 0 Å². The average molecular weight is 411 g/mol. The number of likely N-dealkylation sites (tertiary alicyclic amines) is 1. The number of rotatable bonds is 8. The molecule has 5 nitrogen and oxygen atoms in total. The summed E-state index contributed by atoms with van der Waals surface area (Å²) in [5.74, 6) is 1.05. The Kier molecular flexibility index (Phi) is 7.05. The fraction of sp³-hybridized carbons (Fsp3) is 0.450. The van der Waals surface area contributed by atoms with Crippen LogP contribution in [-0.2, 0) is 0 Å². The molecule has 0 aliphatic carbocycles. The van der Waals surface area contributed by atoms with Crippen molar-refractivity contribution < 1.29 is 13.9 Å². The van der Waals surface area contributed by atoms with E-state index >= 15 is 0 Å². The molecule has 1 N–H and O–H groups in total. The van der Waals surface area contributed by atoms with Crippen molar-refractivity contribution in [2.45, 2.75) is 32.2 Å². The van der Waals surface area contributed by atoms with Gasteiger partial charge in [0, 0.05) is 12.1 Å². The number of furan rings is 1. The van der Waals surface area contributed by atoms with Crippen LogP contribution in [-0.4, -0.2) is 37.0 Å². The molecule has 1 atom stereocenters. The molecular formula is C20H24Cl2N2O3. The molecule has 1 aliphatic heterocycles. The molecular weight excluding hydrogens is 387 g/mol. The summed E-state index contributed by atoms with van der Waals surface area (Å²) in [5.41, 5.74) is 0.411. The van der Waals surface area contributed by atoms with Gasteiger partial charge < -0.3 is 14.5 Å². The quantitative estimate of drug-likeness (QED) is 0.669. The van der Waals surface area contributed by atoms with Gasteiger partial charge in [-0.2, -0.15) is 0 Å². The molecule has 146 valence electrons. The van der Waals surface area contributed by atoms with Gasteiger partial charge in [0.1, 0.15) is 5.76 Å². The van der Waals surface area contributed by atoms with Crippen LogP contribution in [0.1, 0.15) is 48.3 Å². The number of hydrogen-bond donors (Lipinski definition) is 1. The van der Waals surface area contributed by atoms with Crippen molar-refractivity contribution in [3.05, 3.63) is 51.9 Å². The lowest BCUT2D eigenvalue weighted by Gasteiger charge is -2.26.